The Morgan fingerprint density at radius 3 is 1.95 bits per heavy atom. The van der Waals surface area contributed by atoms with Gasteiger partial charge in [-0.2, -0.15) is 0 Å². The standard InChI is InChI=1S/C17H30N2/c1-16(2)11-18-15(10-19(16)3)17-7-12-4-13(8-17)6-14(5-12)9-17/h12-15,18H,4-11H2,1-3H3. The van der Waals surface area contributed by atoms with Gasteiger partial charge >= 0.3 is 0 Å². The molecule has 4 aliphatic carbocycles. The molecule has 0 aromatic carbocycles. The molecule has 2 heteroatoms. The first kappa shape index (κ1) is 12.6. The van der Waals surface area contributed by atoms with Gasteiger partial charge < -0.3 is 5.32 Å². The number of rotatable bonds is 1. The first-order chi connectivity index (χ1) is 8.97. The largest absolute Gasteiger partial charge is 0.310 e. The van der Waals surface area contributed by atoms with Crippen LogP contribution in [0.1, 0.15) is 52.4 Å². The van der Waals surface area contributed by atoms with E-state index in [1.807, 2.05) is 0 Å². The van der Waals surface area contributed by atoms with Gasteiger partial charge in [0.15, 0.2) is 0 Å². The van der Waals surface area contributed by atoms with Gasteiger partial charge in [0.2, 0.25) is 0 Å². The minimum atomic E-state index is 0.332. The highest BCUT2D eigenvalue weighted by molar-refractivity contribution is 5.08. The lowest BCUT2D eigenvalue weighted by Gasteiger charge is -2.61. The van der Waals surface area contributed by atoms with Crippen molar-refractivity contribution in [3.63, 3.8) is 0 Å². The lowest BCUT2D eigenvalue weighted by atomic mass is 9.47. The fraction of sp³-hybridized carbons (Fsp3) is 1.00. The molecule has 1 saturated heterocycles. The molecule has 1 unspecified atom stereocenters. The Balaban J connectivity index is 1.56. The zero-order chi connectivity index (χ0) is 13.3. The molecule has 1 aliphatic heterocycles. The molecular formula is C17H30N2. The molecule has 0 aromatic rings. The van der Waals surface area contributed by atoms with E-state index in [1.54, 1.807) is 19.3 Å². The van der Waals surface area contributed by atoms with Crippen LogP contribution >= 0.6 is 0 Å². The van der Waals surface area contributed by atoms with E-state index in [1.165, 1.54) is 25.8 Å². The Morgan fingerprint density at radius 2 is 1.47 bits per heavy atom. The van der Waals surface area contributed by atoms with E-state index in [4.69, 9.17) is 0 Å². The van der Waals surface area contributed by atoms with Crippen LogP contribution in [0, 0.1) is 23.2 Å². The van der Waals surface area contributed by atoms with Crippen LogP contribution < -0.4 is 5.32 Å². The van der Waals surface area contributed by atoms with E-state index in [0.29, 0.717) is 11.0 Å². The van der Waals surface area contributed by atoms with Crippen LogP contribution in [0.2, 0.25) is 0 Å². The fourth-order valence-electron chi connectivity index (χ4n) is 6.11. The molecule has 5 aliphatic rings. The molecule has 4 saturated carbocycles. The average molecular weight is 262 g/mol. The third-order valence-electron chi connectivity index (χ3n) is 7.10. The van der Waals surface area contributed by atoms with Crippen molar-refractivity contribution in [2.75, 3.05) is 20.1 Å². The van der Waals surface area contributed by atoms with E-state index >= 15 is 0 Å². The zero-order valence-electron chi connectivity index (χ0n) is 12.9. The number of hydrogen-bond donors (Lipinski definition) is 1. The maximum Gasteiger partial charge on any atom is 0.0275 e. The Morgan fingerprint density at radius 1 is 0.947 bits per heavy atom. The van der Waals surface area contributed by atoms with Crippen LogP contribution in [0.15, 0.2) is 0 Å². The van der Waals surface area contributed by atoms with Crippen molar-refractivity contribution >= 4 is 0 Å². The van der Waals surface area contributed by atoms with Crippen molar-refractivity contribution in [3.05, 3.63) is 0 Å². The number of likely N-dealkylation sites (N-methyl/N-ethyl adjacent to an activating group) is 1. The summed E-state index contributed by atoms with van der Waals surface area (Å²) in [5, 5.41) is 3.96. The van der Waals surface area contributed by atoms with Crippen LogP contribution in [-0.2, 0) is 0 Å². The molecule has 1 N–H and O–H groups in total. The summed E-state index contributed by atoms with van der Waals surface area (Å²) < 4.78 is 0. The predicted octanol–water partition coefficient (Wildman–Crippen LogP) is 2.89. The van der Waals surface area contributed by atoms with Crippen molar-refractivity contribution in [2.45, 2.75) is 64.0 Å². The van der Waals surface area contributed by atoms with Gasteiger partial charge in [0.1, 0.15) is 0 Å². The van der Waals surface area contributed by atoms with Gasteiger partial charge in [0.25, 0.3) is 0 Å². The van der Waals surface area contributed by atoms with Gasteiger partial charge in [-0.3, -0.25) is 4.90 Å². The first-order valence-electron chi connectivity index (χ1n) is 8.41. The summed E-state index contributed by atoms with van der Waals surface area (Å²) in [5.41, 5.74) is 0.998. The van der Waals surface area contributed by atoms with Crippen LogP contribution in [0.5, 0.6) is 0 Å². The second-order valence-corrected chi connectivity index (χ2v) is 8.91. The Kier molecular flexibility index (Phi) is 2.65. The maximum atomic E-state index is 3.96. The van der Waals surface area contributed by atoms with Gasteiger partial charge in [0, 0.05) is 24.7 Å². The molecule has 5 fully saturated rings. The minimum Gasteiger partial charge on any atom is -0.310 e. The molecule has 0 radical (unpaired) electrons. The number of piperazine rings is 1. The van der Waals surface area contributed by atoms with Crippen molar-refractivity contribution in [3.8, 4) is 0 Å². The van der Waals surface area contributed by atoms with Gasteiger partial charge in [0.05, 0.1) is 0 Å². The van der Waals surface area contributed by atoms with Crippen LogP contribution in [0.4, 0.5) is 0 Å². The molecule has 0 amide bonds. The van der Waals surface area contributed by atoms with Gasteiger partial charge in [-0.1, -0.05) is 0 Å². The minimum absolute atomic E-state index is 0.332. The monoisotopic (exact) mass is 262 g/mol. The van der Waals surface area contributed by atoms with Crippen molar-refractivity contribution < 1.29 is 0 Å². The third kappa shape index (κ3) is 1.90. The second kappa shape index (κ2) is 3.98. The number of nitrogens with zero attached hydrogens (tertiary/aromatic N) is 1. The predicted molar refractivity (Wildman–Crippen MR) is 79.1 cm³/mol. The molecule has 5 rings (SSSR count). The summed E-state index contributed by atoms with van der Waals surface area (Å²) >= 11 is 0. The fourth-order valence-corrected chi connectivity index (χ4v) is 6.11. The zero-order valence-corrected chi connectivity index (χ0v) is 12.9. The summed E-state index contributed by atoms with van der Waals surface area (Å²) in [6, 6.07) is 0.763. The number of hydrogen-bond acceptors (Lipinski definition) is 2. The van der Waals surface area contributed by atoms with Gasteiger partial charge in [-0.05, 0) is 82.6 Å². The van der Waals surface area contributed by atoms with Crippen molar-refractivity contribution in [1.82, 2.24) is 10.2 Å². The quantitative estimate of drug-likeness (QED) is 0.782. The summed E-state index contributed by atoms with van der Waals surface area (Å²) in [7, 11) is 2.33. The average Bonchev–Trinajstić information content (AvgIpc) is 2.30. The lowest BCUT2D eigenvalue weighted by Crippen LogP contribution is -2.67. The smallest absolute Gasteiger partial charge is 0.0275 e. The van der Waals surface area contributed by atoms with E-state index in [-0.39, 0.29) is 0 Å². The summed E-state index contributed by atoms with van der Waals surface area (Å²) in [6.07, 6.45) is 9.29. The van der Waals surface area contributed by atoms with E-state index in [2.05, 4.69) is 31.1 Å². The highest BCUT2D eigenvalue weighted by atomic mass is 15.2. The molecule has 0 spiro atoms. The van der Waals surface area contributed by atoms with E-state index < -0.39 is 0 Å². The van der Waals surface area contributed by atoms with Gasteiger partial charge in [-0.15, -0.1) is 0 Å². The SMILES string of the molecule is CN1CC(C23CC4CC(CC(C4)C2)C3)NCC1(C)C. The highest BCUT2D eigenvalue weighted by Gasteiger charge is 2.55. The molecular weight excluding hydrogens is 232 g/mol. The molecule has 4 bridgehead atoms. The van der Waals surface area contributed by atoms with Crippen molar-refractivity contribution in [1.29, 1.82) is 0 Å². The molecule has 1 atom stereocenters. The van der Waals surface area contributed by atoms with Crippen LogP contribution in [-0.4, -0.2) is 36.6 Å². The Labute approximate surface area is 118 Å². The van der Waals surface area contributed by atoms with Crippen molar-refractivity contribution in [2.24, 2.45) is 23.2 Å². The summed E-state index contributed by atoms with van der Waals surface area (Å²) in [5.74, 6) is 3.23. The molecule has 19 heavy (non-hydrogen) atoms. The summed E-state index contributed by atoms with van der Waals surface area (Å²) in [4.78, 5) is 2.60. The first-order valence-corrected chi connectivity index (χ1v) is 8.41. The number of nitrogens with one attached hydrogen (secondary N) is 1. The van der Waals surface area contributed by atoms with Crippen LogP contribution in [0.3, 0.4) is 0 Å². The molecule has 2 nitrogen and oxygen atoms in total. The molecule has 0 aromatic heterocycles. The van der Waals surface area contributed by atoms with E-state index in [9.17, 15) is 0 Å². The lowest BCUT2D eigenvalue weighted by molar-refractivity contribution is -0.0920. The molecule has 108 valence electrons. The Bertz CT molecular complexity index is 338. The normalized spacial score (nSPS) is 52.6. The molecule has 1 heterocycles. The van der Waals surface area contributed by atoms with Crippen LogP contribution in [0.25, 0.3) is 0 Å². The highest BCUT2D eigenvalue weighted by Crippen LogP contribution is 2.61. The second-order valence-electron chi connectivity index (χ2n) is 8.91. The van der Waals surface area contributed by atoms with Gasteiger partial charge in [-0.25, -0.2) is 0 Å². The summed E-state index contributed by atoms with van der Waals surface area (Å²) in [6.45, 7) is 7.17. The third-order valence-corrected chi connectivity index (χ3v) is 7.10. The topological polar surface area (TPSA) is 15.3 Å². The maximum absolute atomic E-state index is 3.96. The Hall–Kier alpha value is -0.0800. The van der Waals surface area contributed by atoms with E-state index in [0.717, 1.165) is 30.3 Å².